The molecular weight excluding hydrogens is 620 g/mol. The van der Waals surface area contributed by atoms with Gasteiger partial charge in [-0.05, 0) is 68.5 Å². The molecule has 0 bridgehead atoms. The molecule has 0 aromatic heterocycles. The van der Waals surface area contributed by atoms with Gasteiger partial charge in [0.2, 0.25) is 11.8 Å². The third-order valence-corrected chi connectivity index (χ3v) is 8.36. The molecule has 1 aromatic rings. The number of carbonyl (C=O) groups is 5. The number of carboxylic acid groups (broad SMARTS) is 1. The van der Waals surface area contributed by atoms with Crippen LogP contribution in [-0.2, 0) is 19.2 Å². The van der Waals surface area contributed by atoms with Gasteiger partial charge in [-0.15, -0.1) is 0 Å². The first kappa shape index (κ1) is 42.8. The van der Waals surface area contributed by atoms with E-state index in [9.17, 15) is 49.2 Å². The summed E-state index contributed by atoms with van der Waals surface area (Å²) in [6.07, 6.45) is 11.7. The molecule has 8 N–H and O–H groups in total. The summed E-state index contributed by atoms with van der Waals surface area (Å²) in [5.74, 6) is -1.96. The minimum Gasteiger partial charge on any atom is -0.480 e. The van der Waals surface area contributed by atoms with Crippen molar-refractivity contribution >= 4 is 54.6 Å². The molecule has 268 valence electrons. The number of aliphatic carboxylic acids is 1. The summed E-state index contributed by atoms with van der Waals surface area (Å²) < 4.78 is 0. The minimum absolute atomic E-state index is 0.000517. The number of hydrogen-bond acceptors (Lipinski definition) is 9. The Labute approximate surface area is 284 Å². The molecule has 0 radical (unpaired) electrons. The van der Waals surface area contributed by atoms with Crippen LogP contribution >= 0.6 is 0 Å². The third-order valence-electron chi connectivity index (χ3n) is 8.36. The predicted octanol–water partition coefficient (Wildman–Crippen LogP) is 0.928. The number of rotatable bonds is 27. The summed E-state index contributed by atoms with van der Waals surface area (Å²) >= 11 is 0. The second kappa shape index (κ2) is 24.8. The summed E-state index contributed by atoms with van der Waals surface area (Å²) in [5, 5.41) is 55.0. The summed E-state index contributed by atoms with van der Waals surface area (Å²) in [6, 6.07) is 2.68. The van der Waals surface area contributed by atoms with Crippen LogP contribution in [0.5, 0.6) is 0 Å². The highest BCUT2D eigenvalue weighted by Crippen LogP contribution is 2.13. The number of ketones is 1. The summed E-state index contributed by atoms with van der Waals surface area (Å²) in [4.78, 5) is 59.9. The van der Waals surface area contributed by atoms with E-state index in [0.29, 0.717) is 19.5 Å². The van der Waals surface area contributed by atoms with Crippen molar-refractivity contribution < 1.29 is 49.2 Å². The fraction of sp³-hybridized carbons (Fsp3) is 0.667. The summed E-state index contributed by atoms with van der Waals surface area (Å²) in [7, 11) is -3.68. The number of unbranched alkanes of at least 4 members (excludes halogenated alkanes) is 9. The molecule has 0 fully saturated rings. The van der Waals surface area contributed by atoms with E-state index in [1.54, 1.807) is 6.92 Å². The van der Waals surface area contributed by atoms with Crippen LogP contribution in [0.1, 0.15) is 127 Å². The Morgan fingerprint density at radius 1 is 0.667 bits per heavy atom. The number of hydrogen-bond donors (Lipinski definition) is 8. The molecule has 0 aliphatic carbocycles. The van der Waals surface area contributed by atoms with Crippen molar-refractivity contribution in [2.45, 2.75) is 123 Å². The van der Waals surface area contributed by atoms with Crippen LogP contribution in [0, 0.1) is 5.92 Å². The lowest BCUT2D eigenvalue weighted by molar-refractivity contribution is -0.142. The smallest absolute Gasteiger partial charge is 0.480 e. The fourth-order valence-electron chi connectivity index (χ4n) is 5.38. The van der Waals surface area contributed by atoms with Crippen molar-refractivity contribution in [1.82, 2.24) is 16.0 Å². The number of carbonyl (C=O) groups excluding carboxylic acids is 4. The molecule has 13 nitrogen and oxygen atoms in total. The van der Waals surface area contributed by atoms with E-state index in [2.05, 4.69) is 16.0 Å². The van der Waals surface area contributed by atoms with E-state index in [-0.39, 0.29) is 59.3 Å². The Morgan fingerprint density at radius 3 is 1.71 bits per heavy atom. The molecule has 0 aliphatic heterocycles. The third kappa shape index (κ3) is 18.9. The Morgan fingerprint density at radius 2 is 1.19 bits per heavy atom. The molecule has 0 saturated heterocycles. The van der Waals surface area contributed by atoms with Gasteiger partial charge in [-0.3, -0.25) is 19.2 Å². The van der Waals surface area contributed by atoms with Crippen LogP contribution in [0.25, 0.3) is 0 Å². The van der Waals surface area contributed by atoms with Crippen molar-refractivity contribution in [3.63, 3.8) is 0 Å². The second-order valence-corrected chi connectivity index (χ2v) is 12.4. The maximum Gasteiger partial charge on any atom is 0.488 e. The molecule has 3 amide bonds. The Hall–Kier alpha value is -3.26. The first-order chi connectivity index (χ1) is 22.8. The van der Waals surface area contributed by atoms with Gasteiger partial charge in [-0.25, -0.2) is 4.79 Å². The zero-order valence-electron chi connectivity index (χ0n) is 28.5. The summed E-state index contributed by atoms with van der Waals surface area (Å²) in [6.45, 7) is 4.48. The van der Waals surface area contributed by atoms with Crippen molar-refractivity contribution in [2.75, 3.05) is 13.1 Å². The van der Waals surface area contributed by atoms with Gasteiger partial charge in [0.25, 0.3) is 5.91 Å². The number of Topliss-reactive ketones (excluding diaryl/α,β-unsaturated/α-hetero) is 1. The van der Waals surface area contributed by atoms with Crippen LogP contribution < -0.4 is 26.9 Å². The fourth-order valence-corrected chi connectivity index (χ4v) is 5.38. The molecule has 48 heavy (non-hydrogen) atoms. The van der Waals surface area contributed by atoms with Crippen LogP contribution in [0.4, 0.5) is 0 Å². The van der Waals surface area contributed by atoms with E-state index in [1.165, 1.54) is 18.2 Å². The maximum atomic E-state index is 12.4. The van der Waals surface area contributed by atoms with Gasteiger partial charge in [0.15, 0.2) is 0 Å². The predicted molar refractivity (Wildman–Crippen MR) is 185 cm³/mol. The van der Waals surface area contributed by atoms with Gasteiger partial charge >= 0.3 is 20.2 Å². The topological polar surface area (TPSA) is 223 Å². The van der Waals surface area contributed by atoms with Crippen molar-refractivity contribution in [3.05, 3.63) is 23.8 Å². The quantitative estimate of drug-likeness (QED) is 0.0487. The maximum absolute atomic E-state index is 12.4. The van der Waals surface area contributed by atoms with Crippen LogP contribution in [0.3, 0.4) is 0 Å². The molecule has 15 heteroatoms. The van der Waals surface area contributed by atoms with E-state index >= 15 is 0 Å². The van der Waals surface area contributed by atoms with Gasteiger partial charge in [-0.2, -0.15) is 0 Å². The molecule has 1 aromatic carbocycles. The number of nitrogens with one attached hydrogen (secondary N) is 3. The van der Waals surface area contributed by atoms with Crippen molar-refractivity contribution in [2.24, 2.45) is 5.92 Å². The molecule has 1 rings (SSSR count). The molecule has 0 saturated carbocycles. The van der Waals surface area contributed by atoms with Crippen LogP contribution in [0.15, 0.2) is 18.2 Å². The second-order valence-electron chi connectivity index (χ2n) is 12.4. The van der Waals surface area contributed by atoms with Crippen LogP contribution in [0.2, 0.25) is 0 Å². The van der Waals surface area contributed by atoms with Gasteiger partial charge < -0.3 is 41.2 Å². The minimum atomic E-state index is -1.84. The highest BCUT2D eigenvalue weighted by atomic mass is 16.4. The molecule has 0 aliphatic rings. The number of carboxylic acids is 1. The highest BCUT2D eigenvalue weighted by molar-refractivity contribution is 6.62. The van der Waals surface area contributed by atoms with Gasteiger partial charge in [-0.1, -0.05) is 64.4 Å². The Kier molecular flexibility index (Phi) is 22.1. The van der Waals surface area contributed by atoms with Gasteiger partial charge in [0.1, 0.15) is 11.8 Å². The van der Waals surface area contributed by atoms with Gasteiger partial charge in [0, 0.05) is 37.4 Å². The molecule has 0 unspecified atom stereocenters. The average molecular weight is 675 g/mol. The normalized spacial score (nSPS) is 12.1. The average Bonchev–Trinajstić information content (AvgIpc) is 3.04. The van der Waals surface area contributed by atoms with Crippen LogP contribution in [-0.4, -0.2) is 88.0 Å². The van der Waals surface area contributed by atoms with E-state index in [4.69, 9.17) is 0 Å². The van der Waals surface area contributed by atoms with E-state index in [1.807, 2.05) is 6.92 Å². The van der Waals surface area contributed by atoms with Crippen molar-refractivity contribution in [1.29, 1.82) is 0 Å². The van der Waals surface area contributed by atoms with Gasteiger partial charge in [0.05, 0.1) is 0 Å². The van der Waals surface area contributed by atoms with E-state index < -0.39 is 32.2 Å². The molecule has 0 heterocycles. The van der Waals surface area contributed by atoms with Crippen molar-refractivity contribution in [3.8, 4) is 0 Å². The molecule has 0 spiro atoms. The number of benzene rings is 1. The SMILES string of the molecule is CC[C@@H](CCCCNC(=O)CC[C@H](NC(=O)CCCCCCCCCCCNC(=O)c1cc(B(O)O)cc(B(O)O)c1)C(=O)O)C(C)=O. The lowest BCUT2D eigenvalue weighted by Gasteiger charge is -2.15. The number of amides is 3. The Bertz CT molecular complexity index is 1130. The largest absolute Gasteiger partial charge is 0.488 e. The lowest BCUT2D eigenvalue weighted by atomic mass is 9.72. The van der Waals surface area contributed by atoms with E-state index in [0.717, 1.165) is 77.0 Å². The first-order valence-electron chi connectivity index (χ1n) is 17.3. The zero-order chi connectivity index (χ0) is 35.9. The summed E-state index contributed by atoms with van der Waals surface area (Å²) in [5.41, 5.74) is 0.0922. The highest BCUT2D eigenvalue weighted by Gasteiger charge is 2.22. The first-order valence-corrected chi connectivity index (χ1v) is 17.3. The zero-order valence-corrected chi connectivity index (χ0v) is 28.5. The molecule has 2 atom stereocenters. The molecular formula is C33H55B2N3O10. The lowest BCUT2D eigenvalue weighted by Crippen LogP contribution is -2.41. The monoisotopic (exact) mass is 675 g/mol. The Balaban J connectivity index is 2.11. The standard InChI is InChI=1S/C33H55B2N3O10/c1-3-25(24(2)39)15-12-14-19-36-30(40)18-17-29(33(43)44)38-31(41)16-11-9-7-5-4-6-8-10-13-20-37-32(42)26-21-27(34(45)46)23-28(22-26)35(47)48/h21-23,25,29,45-48H,3-20H2,1-2H3,(H,36,40)(H,37,42)(H,38,41)(H,43,44)/t25-,29-/m0/s1.